The van der Waals surface area contributed by atoms with E-state index in [-0.39, 0.29) is 4.90 Å². The number of isocyanates is 1. The van der Waals surface area contributed by atoms with E-state index in [1.54, 1.807) is 0 Å². The standard InChI is InChI=1S/C8H6BrNO4S/c1-14-8-3-2-6(4-7(8)9)15(12,13)10-5-11/h2-4H,1H3. The maximum atomic E-state index is 11.3. The lowest BCUT2D eigenvalue weighted by Crippen LogP contribution is -1.96. The molecular formula is C8H6BrNO4S. The molecule has 0 bridgehead atoms. The molecule has 1 rings (SSSR count). The van der Waals surface area contributed by atoms with Gasteiger partial charge in [-0.3, -0.25) is 0 Å². The van der Waals surface area contributed by atoms with Crippen molar-refractivity contribution in [1.29, 1.82) is 0 Å². The Balaban J connectivity index is 3.30. The lowest BCUT2D eigenvalue weighted by Gasteiger charge is -2.03. The second kappa shape index (κ2) is 4.57. The summed E-state index contributed by atoms with van der Waals surface area (Å²) in [6.45, 7) is 0. The molecule has 0 saturated heterocycles. The number of hydrogen-bond acceptors (Lipinski definition) is 4. The minimum Gasteiger partial charge on any atom is -0.496 e. The molecule has 0 amide bonds. The van der Waals surface area contributed by atoms with Gasteiger partial charge in [0.1, 0.15) is 5.75 Å². The van der Waals surface area contributed by atoms with Crippen molar-refractivity contribution in [3.63, 3.8) is 0 Å². The second-order valence-electron chi connectivity index (χ2n) is 2.45. The van der Waals surface area contributed by atoms with E-state index in [1.165, 1.54) is 25.3 Å². The first-order chi connectivity index (χ1) is 7.01. The SMILES string of the molecule is COc1ccc(S(=O)(=O)N=C=O)cc1Br. The zero-order valence-corrected chi connectivity index (χ0v) is 10.0. The van der Waals surface area contributed by atoms with Crippen LogP contribution in [0.4, 0.5) is 0 Å². The molecule has 1 aromatic carbocycles. The van der Waals surface area contributed by atoms with Gasteiger partial charge in [-0.2, -0.15) is 8.42 Å². The van der Waals surface area contributed by atoms with Crippen LogP contribution in [0.3, 0.4) is 0 Å². The topological polar surface area (TPSA) is 72.8 Å². The summed E-state index contributed by atoms with van der Waals surface area (Å²) in [6.07, 6.45) is 0.995. The molecule has 0 heterocycles. The molecule has 0 unspecified atom stereocenters. The van der Waals surface area contributed by atoms with Gasteiger partial charge in [0.25, 0.3) is 16.1 Å². The van der Waals surface area contributed by atoms with Gasteiger partial charge in [-0.1, -0.05) is 4.40 Å². The summed E-state index contributed by atoms with van der Waals surface area (Å²) < 4.78 is 30.7. The van der Waals surface area contributed by atoms with Gasteiger partial charge in [0.05, 0.1) is 16.5 Å². The van der Waals surface area contributed by atoms with Crippen molar-refractivity contribution in [2.75, 3.05) is 7.11 Å². The van der Waals surface area contributed by atoms with Crippen molar-refractivity contribution >= 4 is 32.0 Å². The molecule has 0 atom stereocenters. The predicted molar refractivity (Wildman–Crippen MR) is 56.0 cm³/mol. The largest absolute Gasteiger partial charge is 0.496 e. The molecule has 0 radical (unpaired) electrons. The van der Waals surface area contributed by atoms with Crippen LogP contribution in [0.25, 0.3) is 0 Å². The summed E-state index contributed by atoms with van der Waals surface area (Å²) in [6, 6.07) is 4.05. The molecule has 0 spiro atoms. The number of methoxy groups -OCH3 is 1. The minimum atomic E-state index is -3.94. The Hall–Kier alpha value is -1.17. The highest BCUT2D eigenvalue weighted by atomic mass is 79.9. The fourth-order valence-electron chi connectivity index (χ4n) is 0.909. The summed E-state index contributed by atoms with van der Waals surface area (Å²) in [4.78, 5) is 9.80. The van der Waals surface area contributed by atoms with Crippen molar-refractivity contribution in [3.05, 3.63) is 22.7 Å². The van der Waals surface area contributed by atoms with Crippen molar-refractivity contribution < 1.29 is 17.9 Å². The van der Waals surface area contributed by atoms with Gasteiger partial charge < -0.3 is 4.74 Å². The average Bonchev–Trinajstić information content (AvgIpc) is 2.17. The molecule has 7 heteroatoms. The van der Waals surface area contributed by atoms with Crippen LogP contribution in [0.1, 0.15) is 0 Å². The van der Waals surface area contributed by atoms with E-state index in [0.717, 1.165) is 6.08 Å². The van der Waals surface area contributed by atoms with E-state index < -0.39 is 10.0 Å². The molecule has 0 N–H and O–H groups in total. The van der Waals surface area contributed by atoms with Crippen LogP contribution in [-0.2, 0) is 14.8 Å². The first-order valence-electron chi connectivity index (χ1n) is 3.69. The van der Waals surface area contributed by atoms with Crippen molar-refractivity contribution in [1.82, 2.24) is 0 Å². The first-order valence-corrected chi connectivity index (χ1v) is 5.92. The Morgan fingerprint density at radius 1 is 1.47 bits per heavy atom. The Morgan fingerprint density at radius 2 is 2.13 bits per heavy atom. The van der Waals surface area contributed by atoms with Gasteiger partial charge in [0, 0.05) is 0 Å². The third-order valence-electron chi connectivity index (χ3n) is 1.58. The third-order valence-corrected chi connectivity index (χ3v) is 3.36. The lowest BCUT2D eigenvalue weighted by molar-refractivity contribution is 0.411. The van der Waals surface area contributed by atoms with E-state index >= 15 is 0 Å². The fraction of sp³-hybridized carbons (Fsp3) is 0.125. The Kier molecular flexibility index (Phi) is 3.62. The highest BCUT2D eigenvalue weighted by Gasteiger charge is 2.14. The lowest BCUT2D eigenvalue weighted by atomic mass is 10.3. The van der Waals surface area contributed by atoms with Crippen LogP contribution >= 0.6 is 15.9 Å². The molecule has 0 fully saturated rings. The van der Waals surface area contributed by atoms with E-state index in [4.69, 9.17) is 4.74 Å². The van der Waals surface area contributed by atoms with Gasteiger partial charge in [0.2, 0.25) is 0 Å². The van der Waals surface area contributed by atoms with Crippen molar-refractivity contribution in [2.24, 2.45) is 4.40 Å². The number of sulfonamides is 1. The summed E-state index contributed by atoms with van der Waals surface area (Å²) >= 11 is 3.12. The number of ether oxygens (including phenoxy) is 1. The molecule has 0 aliphatic carbocycles. The molecule has 80 valence electrons. The molecule has 1 aromatic rings. The summed E-state index contributed by atoms with van der Waals surface area (Å²) in [5.74, 6) is 0.490. The highest BCUT2D eigenvalue weighted by Crippen LogP contribution is 2.27. The van der Waals surface area contributed by atoms with Gasteiger partial charge in [-0.25, -0.2) is 4.79 Å². The molecule has 0 saturated carbocycles. The smallest absolute Gasteiger partial charge is 0.292 e. The van der Waals surface area contributed by atoms with E-state index in [0.29, 0.717) is 10.2 Å². The summed E-state index contributed by atoms with van der Waals surface area (Å²) in [5, 5.41) is 0. The number of benzene rings is 1. The Bertz CT molecular complexity index is 519. The first kappa shape index (κ1) is 11.9. The molecular weight excluding hydrogens is 286 g/mol. The van der Waals surface area contributed by atoms with Crippen LogP contribution in [0.15, 0.2) is 32.0 Å². The quantitative estimate of drug-likeness (QED) is 0.625. The maximum absolute atomic E-state index is 11.3. The zero-order chi connectivity index (χ0) is 11.5. The van der Waals surface area contributed by atoms with Crippen LogP contribution in [0, 0.1) is 0 Å². The number of halogens is 1. The molecule has 15 heavy (non-hydrogen) atoms. The van der Waals surface area contributed by atoms with Crippen molar-refractivity contribution in [3.8, 4) is 5.75 Å². The van der Waals surface area contributed by atoms with E-state index in [1.807, 2.05) is 0 Å². The fourth-order valence-corrected chi connectivity index (χ4v) is 2.31. The number of rotatable bonds is 3. The van der Waals surface area contributed by atoms with Crippen LogP contribution < -0.4 is 4.74 Å². The Morgan fingerprint density at radius 3 is 2.60 bits per heavy atom. The second-order valence-corrected chi connectivity index (χ2v) is 4.91. The van der Waals surface area contributed by atoms with Gasteiger partial charge in [0.15, 0.2) is 0 Å². The number of nitrogens with zero attached hydrogens (tertiary/aromatic N) is 1. The molecule has 0 aliphatic rings. The molecule has 0 aromatic heterocycles. The molecule has 5 nitrogen and oxygen atoms in total. The zero-order valence-electron chi connectivity index (χ0n) is 7.60. The number of carbonyl (C=O) groups excluding carboxylic acids is 1. The summed E-state index contributed by atoms with van der Waals surface area (Å²) in [5.41, 5.74) is 0. The number of hydrogen-bond donors (Lipinski definition) is 0. The Labute approximate surface area is 95.0 Å². The minimum absolute atomic E-state index is 0.0986. The normalized spacial score (nSPS) is 10.5. The van der Waals surface area contributed by atoms with Crippen molar-refractivity contribution in [2.45, 2.75) is 4.90 Å². The van der Waals surface area contributed by atoms with Crippen LogP contribution in [0.5, 0.6) is 5.75 Å². The molecule has 0 aliphatic heterocycles. The van der Waals surface area contributed by atoms with Crippen LogP contribution in [-0.4, -0.2) is 21.6 Å². The predicted octanol–water partition coefficient (Wildman–Crippen LogP) is 1.48. The monoisotopic (exact) mass is 291 g/mol. The van der Waals surface area contributed by atoms with Gasteiger partial charge >= 0.3 is 0 Å². The van der Waals surface area contributed by atoms with Gasteiger partial charge in [-0.15, -0.1) is 0 Å². The third kappa shape index (κ3) is 2.65. The van der Waals surface area contributed by atoms with Crippen LogP contribution in [0.2, 0.25) is 0 Å². The van der Waals surface area contributed by atoms with Gasteiger partial charge in [-0.05, 0) is 34.1 Å². The van der Waals surface area contributed by atoms with E-state index in [9.17, 15) is 13.2 Å². The average molecular weight is 292 g/mol. The maximum Gasteiger partial charge on any atom is 0.292 e. The highest BCUT2D eigenvalue weighted by molar-refractivity contribution is 9.10. The summed E-state index contributed by atoms with van der Waals surface area (Å²) in [7, 11) is -2.49. The van der Waals surface area contributed by atoms with E-state index in [2.05, 4.69) is 20.3 Å².